The third-order valence-corrected chi connectivity index (χ3v) is 6.54. The minimum Gasteiger partial charge on any atom is -0.477 e. The van der Waals surface area contributed by atoms with Gasteiger partial charge in [-0.1, -0.05) is 25.1 Å². The third-order valence-electron chi connectivity index (χ3n) is 5.16. The lowest BCUT2D eigenvalue weighted by atomic mass is 9.92. The molecule has 0 saturated carbocycles. The van der Waals surface area contributed by atoms with E-state index in [9.17, 15) is 8.42 Å². The van der Waals surface area contributed by atoms with E-state index in [-0.39, 0.29) is 0 Å². The summed E-state index contributed by atoms with van der Waals surface area (Å²) >= 11 is 0. The number of aryl methyl sites for hydroxylation is 2. The van der Waals surface area contributed by atoms with Gasteiger partial charge in [0, 0.05) is 17.3 Å². The van der Waals surface area contributed by atoms with Crippen molar-refractivity contribution in [1.82, 2.24) is 10.2 Å². The van der Waals surface area contributed by atoms with Crippen LogP contribution in [0, 0.1) is 0 Å². The van der Waals surface area contributed by atoms with Gasteiger partial charge in [0.25, 0.3) is 10.0 Å². The number of benzene rings is 2. The van der Waals surface area contributed by atoms with Crippen LogP contribution >= 0.6 is 0 Å². The summed E-state index contributed by atoms with van der Waals surface area (Å²) in [6.45, 7) is 2.64. The third kappa shape index (κ3) is 4.62. The van der Waals surface area contributed by atoms with Crippen LogP contribution in [-0.2, 0) is 22.9 Å². The van der Waals surface area contributed by atoms with E-state index in [4.69, 9.17) is 4.74 Å². The molecule has 0 spiro atoms. The van der Waals surface area contributed by atoms with Crippen LogP contribution in [0.1, 0.15) is 37.3 Å². The Kier molecular flexibility index (Phi) is 5.99. The number of sulfonamides is 1. The number of hydrogen-bond acceptors (Lipinski definition) is 5. The molecule has 0 unspecified atom stereocenters. The minimum absolute atomic E-state index is 0.306. The molecule has 1 aliphatic rings. The van der Waals surface area contributed by atoms with Crippen LogP contribution in [0.15, 0.2) is 59.5 Å². The Balaban J connectivity index is 1.47. The molecule has 6 nitrogen and oxygen atoms in total. The van der Waals surface area contributed by atoms with E-state index in [1.807, 2.05) is 37.3 Å². The van der Waals surface area contributed by atoms with E-state index < -0.39 is 10.0 Å². The highest BCUT2D eigenvalue weighted by Crippen LogP contribution is 2.26. The Morgan fingerprint density at radius 1 is 0.933 bits per heavy atom. The van der Waals surface area contributed by atoms with Gasteiger partial charge in [-0.25, -0.2) is 8.42 Å². The van der Waals surface area contributed by atoms with Crippen molar-refractivity contribution in [1.29, 1.82) is 0 Å². The largest absolute Gasteiger partial charge is 0.477 e. The lowest BCUT2D eigenvalue weighted by Crippen LogP contribution is -2.14. The summed E-state index contributed by atoms with van der Waals surface area (Å²) in [7, 11) is -3.63. The second-order valence-corrected chi connectivity index (χ2v) is 9.11. The molecule has 156 valence electrons. The Labute approximate surface area is 177 Å². The van der Waals surface area contributed by atoms with Crippen LogP contribution in [0.25, 0.3) is 11.3 Å². The number of nitrogens with zero attached hydrogens (tertiary/aromatic N) is 2. The first-order valence-electron chi connectivity index (χ1n) is 10.3. The lowest BCUT2D eigenvalue weighted by molar-refractivity contribution is 0.302. The zero-order chi connectivity index (χ0) is 21.0. The number of rotatable bonds is 7. The van der Waals surface area contributed by atoms with Gasteiger partial charge in [-0.2, -0.15) is 0 Å². The van der Waals surface area contributed by atoms with Crippen molar-refractivity contribution in [2.45, 2.75) is 43.9 Å². The van der Waals surface area contributed by atoms with Gasteiger partial charge in [0.15, 0.2) is 0 Å². The molecule has 0 amide bonds. The fourth-order valence-corrected chi connectivity index (χ4v) is 4.67. The van der Waals surface area contributed by atoms with Gasteiger partial charge in [0.1, 0.15) is 0 Å². The van der Waals surface area contributed by atoms with Gasteiger partial charge in [-0.3, -0.25) is 4.72 Å². The number of anilines is 1. The number of nitrogens with one attached hydrogen (secondary N) is 1. The van der Waals surface area contributed by atoms with E-state index >= 15 is 0 Å². The molecule has 7 heteroatoms. The molecule has 30 heavy (non-hydrogen) atoms. The molecule has 1 aliphatic carbocycles. The Morgan fingerprint density at radius 3 is 2.40 bits per heavy atom. The van der Waals surface area contributed by atoms with Gasteiger partial charge >= 0.3 is 0 Å². The molecule has 3 aromatic rings. The second kappa shape index (κ2) is 8.83. The van der Waals surface area contributed by atoms with Gasteiger partial charge in [-0.05, 0) is 73.6 Å². The average Bonchev–Trinajstić information content (AvgIpc) is 2.78. The Bertz CT molecular complexity index is 1110. The van der Waals surface area contributed by atoms with Crippen molar-refractivity contribution in [2.24, 2.45) is 0 Å². The fraction of sp³-hybridized carbons (Fsp3) is 0.304. The molecule has 0 fully saturated rings. The molecule has 0 atom stereocenters. The predicted octanol–water partition coefficient (Wildman–Crippen LogP) is 4.61. The average molecular weight is 424 g/mol. The smallest absolute Gasteiger partial charge is 0.261 e. The monoisotopic (exact) mass is 423 g/mol. The van der Waals surface area contributed by atoms with Crippen LogP contribution < -0.4 is 9.46 Å². The molecule has 0 aliphatic heterocycles. The summed E-state index contributed by atoms with van der Waals surface area (Å²) in [5, 5.41) is 8.25. The predicted molar refractivity (Wildman–Crippen MR) is 117 cm³/mol. The van der Waals surface area contributed by atoms with Crippen LogP contribution in [-0.4, -0.2) is 25.2 Å². The van der Waals surface area contributed by atoms with E-state index in [1.165, 1.54) is 12.0 Å². The summed E-state index contributed by atoms with van der Waals surface area (Å²) in [5.74, 6) is 0.495. The standard InChI is InChI=1S/C23H25N3O3S/c1-2-15-29-23-14-13-22(24-25-23)18-7-10-20(11-8-18)26-30(27,28)21-12-9-17-5-3-4-6-19(17)16-21/h7-14,16,26H,2-6,15H2,1H3. The molecule has 0 saturated heterocycles. The van der Waals surface area contributed by atoms with Crippen LogP contribution in [0.4, 0.5) is 5.69 Å². The summed E-state index contributed by atoms with van der Waals surface area (Å²) < 4.78 is 33.8. The van der Waals surface area contributed by atoms with Crippen molar-refractivity contribution in [3.63, 3.8) is 0 Å². The second-order valence-electron chi connectivity index (χ2n) is 7.43. The molecular weight excluding hydrogens is 398 g/mol. The maximum Gasteiger partial charge on any atom is 0.261 e. The molecular formula is C23H25N3O3S. The van der Waals surface area contributed by atoms with Gasteiger partial charge < -0.3 is 4.74 Å². The SMILES string of the molecule is CCCOc1ccc(-c2ccc(NS(=O)(=O)c3ccc4c(c3)CCCC4)cc2)nn1. The first-order valence-corrected chi connectivity index (χ1v) is 11.7. The Hall–Kier alpha value is -2.93. The topological polar surface area (TPSA) is 81.2 Å². The van der Waals surface area contributed by atoms with Crippen molar-refractivity contribution < 1.29 is 13.2 Å². The van der Waals surface area contributed by atoms with Crippen molar-refractivity contribution in [3.8, 4) is 17.1 Å². The molecule has 1 heterocycles. The number of aromatic nitrogens is 2. The highest BCUT2D eigenvalue weighted by Gasteiger charge is 2.18. The van der Waals surface area contributed by atoms with Crippen LogP contribution in [0.3, 0.4) is 0 Å². The summed E-state index contributed by atoms with van der Waals surface area (Å²) in [5.41, 5.74) is 4.46. The first kappa shape index (κ1) is 20.3. The summed E-state index contributed by atoms with van der Waals surface area (Å²) in [6.07, 6.45) is 5.16. The van der Waals surface area contributed by atoms with Gasteiger partial charge in [0.05, 0.1) is 17.2 Å². The van der Waals surface area contributed by atoms with Gasteiger partial charge in [-0.15, -0.1) is 10.2 Å². The molecule has 0 bridgehead atoms. The van der Waals surface area contributed by atoms with E-state index in [0.29, 0.717) is 28.8 Å². The zero-order valence-electron chi connectivity index (χ0n) is 17.0. The zero-order valence-corrected chi connectivity index (χ0v) is 17.8. The Morgan fingerprint density at radius 2 is 1.70 bits per heavy atom. The normalized spacial score (nSPS) is 13.5. The van der Waals surface area contributed by atoms with Crippen LogP contribution in [0.2, 0.25) is 0 Å². The van der Waals surface area contributed by atoms with Crippen molar-refractivity contribution in [3.05, 3.63) is 65.7 Å². The minimum atomic E-state index is -3.63. The van der Waals surface area contributed by atoms with Crippen LogP contribution in [0.5, 0.6) is 5.88 Å². The molecule has 2 aromatic carbocycles. The van der Waals surface area contributed by atoms with Gasteiger partial charge in [0.2, 0.25) is 5.88 Å². The van der Waals surface area contributed by atoms with E-state index in [0.717, 1.165) is 36.8 Å². The number of fused-ring (bicyclic) bond motifs is 1. The fourth-order valence-electron chi connectivity index (χ4n) is 3.56. The first-order chi connectivity index (χ1) is 14.5. The number of ether oxygens (including phenoxy) is 1. The highest BCUT2D eigenvalue weighted by molar-refractivity contribution is 7.92. The molecule has 1 aromatic heterocycles. The molecule has 0 radical (unpaired) electrons. The van der Waals surface area contributed by atoms with Crippen molar-refractivity contribution in [2.75, 3.05) is 11.3 Å². The highest BCUT2D eigenvalue weighted by atomic mass is 32.2. The van der Waals surface area contributed by atoms with Crippen molar-refractivity contribution >= 4 is 15.7 Å². The maximum atomic E-state index is 12.8. The summed E-state index contributed by atoms with van der Waals surface area (Å²) in [6, 6.07) is 16.2. The van der Waals surface area contributed by atoms with E-state index in [2.05, 4.69) is 14.9 Å². The molecule has 1 N–H and O–H groups in total. The lowest BCUT2D eigenvalue weighted by Gasteiger charge is -2.17. The summed E-state index contributed by atoms with van der Waals surface area (Å²) in [4.78, 5) is 0.306. The molecule has 4 rings (SSSR count). The number of hydrogen-bond donors (Lipinski definition) is 1. The maximum absolute atomic E-state index is 12.8. The quantitative estimate of drug-likeness (QED) is 0.600. The van der Waals surface area contributed by atoms with E-state index in [1.54, 1.807) is 24.3 Å².